The molecule has 4 rings (SSSR count). The molecule has 3 aromatic rings. The number of hydrogen-bond acceptors (Lipinski definition) is 4. The van der Waals surface area contributed by atoms with E-state index in [9.17, 15) is 4.79 Å². The zero-order chi connectivity index (χ0) is 22.5. The summed E-state index contributed by atoms with van der Waals surface area (Å²) < 4.78 is 7.95. The van der Waals surface area contributed by atoms with Gasteiger partial charge in [0, 0.05) is 39.5 Å². The van der Waals surface area contributed by atoms with Crippen LogP contribution in [0.5, 0.6) is 0 Å². The summed E-state index contributed by atoms with van der Waals surface area (Å²) in [5, 5.41) is 0. The van der Waals surface area contributed by atoms with Gasteiger partial charge in [-0.3, -0.25) is 9.69 Å². The fraction of sp³-hybridized carbons (Fsp3) is 0.462. The lowest BCUT2D eigenvalue weighted by atomic mass is 10.1. The molecule has 170 valence electrons. The molecule has 0 radical (unpaired) electrons. The van der Waals surface area contributed by atoms with Gasteiger partial charge in [-0.2, -0.15) is 0 Å². The summed E-state index contributed by atoms with van der Waals surface area (Å²) in [4.78, 5) is 22.5. The molecule has 3 heterocycles. The highest BCUT2D eigenvalue weighted by atomic mass is 16.5. The number of amides is 1. The van der Waals surface area contributed by atoms with Crippen LogP contribution in [0.3, 0.4) is 0 Å². The Bertz CT molecular complexity index is 1040. The number of carbonyl (C=O) groups excluding carboxylic acids is 1. The number of imidazole rings is 1. The van der Waals surface area contributed by atoms with Crippen LogP contribution in [0.1, 0.15) is 47.1 Å². The zero-order valence-corrected chi connectivity index (χ0v) is 19.5. The Hall–Kier alpha value is -2.70. The normalized spacial score (nSPS) is 16.2. The van der Waals surface area contributed by atoms with Crippen molar-refractivity contribution < 1.29 is 9.53 Å². The molecule has 0 bridgehead atoms. The zero-order valence-electron chi connectivity index (χ0n) is 19.5. The molecule has 2 aromatic heterocycles. The van der Waals surface area contributed by atoms with Crippen LogP contribution in [0, 0.1) is 6.92 Å². The molecule has 6 heteroatoms. The molecule has 1 amide bonds. The minimum atomic E-state index is -0.0211. The van der Waals surface area contributed by atoms with Gasteiger partial charge >= 0.3 is 0 Å². The number of likely N-dealkylation sites (N-methyl/N-ethyl adjacent to an activating group) is 2. The molecule has 1 aliphatic rings. The van der Waals surface area contributed by atoms with E-state index in [1.54, 1.807) is 4.90 Å². The van der Waals surface area contributed by atoms with Crippen molar-refractivity contribution in [2.45, 2.75) is 45.8 Å². The number of aryl methyl sites for hydroxylation is 1. The third-order valence-electron chi connectivity index (χ3n) is 6.38. The lowest BCUT2D eigenvalue weighted by Gasteiger charge is -2.24. The van der Waals surface area contributed by atoms with Crippen LogP contribution in [-0.2, 0) is 17.7 Å². The molecule has 1 aliphatic heterocycles. The lowest BCUT2D eigenvalue weighted by Crippen LogP contribution is -2.34. The van der Waals surface area contributed by atoms with Gasteiger partial charge in [0.15, 0.2) is 5.69 Å². The van der Waals surface area contributed by atoms with Crippen molar-refractivity contribution >= 4 is 11.6 Å². The SMILES string of the molecule is CCN(Cc1c(C(=O)N(C)CCc2ccccc2)nc2c(C)cccn12)C[C@@H]1CCCO1. The second-order valence-electron chi connectivity index (χ2n) is 8.72. The first kappa shape index (κ1) is 22.5. The van der Waals surface area contributed by atoms with E-state index in [4.69, 9.17) is 9.72 Å². The summed E-state index contributed by atoms with van der Waals surface area (Å²) in [5.74, 6) is -0.0211. The second-order valence-corrected chi connectivity index (χ2v) is 8.72. The quantitative estimate of drug-likeness (QED) is 0.512. The summed E-state index contributed by atoms with van der Waals surface area (Å²) in [6.07, 6.45) is 5.36. The standard InChI is InChI=1S/C26H34N4O2/c1-4-29(18-22-13-9-17-32-22)19-23-24(27-25-20(2)10-8-15-30(23)25)26(31)28(3)16-14-21-11-6-5-7-12-21/h5-8,10-12,15,22H,4,9,13-14,16-19H2,1-3H3/t22-/m0/s1. The van der Waals surface area contributed by atoms with E-state index in [-0.39, 0.29) is 12.0 Å². The fourth-order valence-corrected chi connectivity index (χ4v) is 4.39. The van der Waals surface area contributed by atoms with Crippen molar-refractivity contribution in [2.24, 2.45) is 0 Å². The highest BCUT2D eigenvalue weighted by molar-refractivity contribution is 5.94. The summed E-state index contributed by atoms with van der Waals surface area (Å²) in [6.45, 7) is 8.17. The minimum Gasteiger partial charge on any atom is -0.377 e. The average Bonchev–Trinajstić information content (AvgIpc) is 3.46. The first-order valence-corrected chi connectivity index (χ1v) is 11.7. The molecule has 1 fully saturated rings. The molecule has 6 nitrogen and oxygen atoms in total. The van der Waals surface area contributed by atoms with Crippen molar-refractivity contribution in [3.05, 3.63) is 71.2 Å². The van der Waals surface area contributed by atoms with E-state index in [0.29, 0.717) is 18.8 Å². The van der Waals surface area contributed by atoms with Crippen LogP contribution < -0.4 is 0 Å². The Kier molecular flexibility index (Phi) is 7.22. The monoisotopic (exact) mass is 434 g/mol. The minimum absolute atomic E-state index is 0.0211. The Labute approximate surface area is 190 Å². The lowest BCUT2D eigenvalue weighted by molar-refractivity contribution is 0.0712. The van der Waals surface area contributed by atoms with Crippen LogP contribution in [0.4, 0.5) is 0 Å². The Balaban J connectivity index is 1.58. The van der Waals surface area contributed by atoms with E-state index in [1.165, 1.54) is 5.56 Å². The predicted molar refractivity (Wildman–Crippen MR) is 127 cm³/mol. The number of carbonyl (C=O) groups is 1. The topological polar surface area (TPSA) is 50.1 Å². The van der Waals surface area contributed by atoms with E-state index in [1.807, 2.05) is 50.5 Å². The summed E-state index contributed by atoms with van der Waals surface area (Å²) >= 11 is 0. The first-order chi connectivity index (χ1) is 15.6. The molecule has 0 spiro atoms. The van der Waals surface area contributed by atoms with Crippen molar-refractivity contribution in [1.29, 1.82) is 0 Å². The number of benzene rings is 1. The second kappa shape index (κ2) is 10.3. The van der Waals surface area contributed by atoms with E-state index < -0.39 is 0 Å². The number of aromatic nitrogens is 2. The summed E-state index contributed by atoms with van der Waals surface area (Å²) in [5.41, 5.74) is 4.67. The number of fused-ring (bicyclic) bond motifs is 1. The van der Waals surface area contributed by atoms with Gasteiger partial charge in [0.05, 0.1) is 11.8 Å². The van der Waals surface area contributed by atoms with Crippen LogP contribution in [-0.4, -0.2) is 64.5 Å². The number of hydrogen-bond donors (Lipinski definition) is 0. The van der Waals surface area contributed by atoms with Gasteiger partial charge in [0.25, 0.3) is 5.91 Å². The van der Waals surface area contributed by atoms with Crippen LogP contribution in [0.2, 0.25) is 0 Å². The van der Waals surface area contributed by atoms with Gasteiger partial charge in [-0.1, -0.05) is 43.3 Å². The first-order valence-electron chi connectivity index (χ1n) is 11.7. The van der Waals surface area contributed by atoms with Gasteiger partial charge in [0.1, 0.15) is 5.65 Å². The van der Waals surface area contributed by atoms with E-state index in [0.717, 1.165) is 55.9 Å². The van der Waals surface area contributed by atoms with Gasteiger partial charge < -0.3 is 14.0 Å². The third kappa shape index (κ3) is 5.03. The molecule has 1 atom stereocenters. The summed E-state index contributed by atoms with van der Waals surface area (Å²) in [6, 6.07) is 14.4. The molecule has 0 aliphatic carbocycles. The Morgan fingerprint density at radius 1 is 1.22 bits per heavy atom. The number of rotatable bonds is 9. The van der Waals surface area contributed by atoms with Crippen molar-refractivity contribution in [3.63, 3.8) is 0 Å². The molecule has 0 N–H and O–H groups in total. The average molecular weight is 435 g/mol. The molecule has 32 heavy (non-hydrogen) atoms. The Morgan fingerprint density at radius 3 is 2.75 bits per heavy atom. The number of pyridine rings is 1. The molecular formula is C26H34N4O2. The molecular weight excluding hydrogens is 400 g/mol. The van der Waals surface area contributed by atoms with Gasteiger partial charge in [0.2, 0.25) is 0 Å². The largest absolute Gasteiger partial charge is 0.377 e. The molecule has 1 saturated heterocycles. The van der Waals surface area contributed by atoms with Crippen LogP contribution in [0.15, 0.2) is 48.7 Å². The third-order valence-corrected chi connectivity index (χ3v) is 6.38. The Morgan fingerprint density at radius 2 is 2.03 bits per heavy atom. The maximum absolute atomic E-state index is 13.5. The maximum Gasteiger partial charge on any atom is 0.274 e. The van der Waals surface area contributed by atoms with E-state index >= 15 is 0 Å². The molecule has 1 aromatic carbocycles. The fourth-order valence-electron chi connectivity index (χ4n) is 4.39. The number of nitrogens with zero attached hydrogens (tertiary/aromatic N) is 4. The van der Waals surface area contributed by atoms with Gasteiger partial charge in [-0.05, 0) is 49.9 Å². The number of ether oxygens (including phenoxy) is 1. The van der Waals surface area contributed by atoms with Gasteiger partial charge in [-0.25, -0.2) is 4.98 Å². The van der Waals surface area contributed by atoms with Crippen LogP contribution in [0.25, 0.3) is 5.65 Å². The predicted octanol–water partition coefficient (Wildman–Crippen LogP) is 3.96. The highest BCUT2D eigenvalue weighted by Crippen LogP contribution is 2.21. The molecule has 0 unspecified atom stereocenters. The molecule has 0 saturated carbocycles. The highest BCUT2D eigenvalue weighted by Gasteiger charge is 2.25. The van der Waals surface area contributed by atoms with Crippen LogP contribution >= 0.6 is 0 Å². The maximum atomic E-state index is 13.5. The van der Waals surface area contributed by atoms with E-state index in [2.05, 4.69) is 28.4 Å². The van der Waals surface area contributed by atoms with Gasteiger partial charge in [-0.15, -0.1) is 0 Å². The van der Waals surface area contributed by atoms with Crippen molar-refractivity contribution in [3.8, 4) is 0 Å². The van der Waals surface area contributed by atoms with Crippen molar-refractivity contribution in [2.75, 3.05) is 33.3 Å². The summed E-state index contributed by atoms with van der Waals surface area (Å²) in [7, 11) is 1.87. The van der Waals surface area contributed by atoms with Crippen molar-refractivity contribution in [1.82, 2.24) is 19.2 Å². The smallest absolute Gasteiger partial charge is 0.274 e.